The summed E-state index contributed by atoms with van der Waals surface area (Å²) in [5.74, 6) is 0. The zero-order valence-corrected chi connectivity index (χ0v) is 28.3. The predicted octanol–water partition coefficient (Wildman–Crippen LogP) is 13.6. The van der Waals surface area contributed by atoms with Gasteiger partial charge in [0, 0.05) is 16.7 Å². The van der Waals surface area contributed by atoms with E-state index in [1.54, 1.807) is 0 Å². The van der Waals surface area contributed by atoms with Gasteiger partial charge < -0.3 is 4.90 Å². The number of nitrogens with zero attached hydrogens (tertiary/aromatic N) is 1. The Balaban J connectivity index is 1.32. The fraction of sp³-hybridized carbons (Fsp3) is 0.0612. The van der Waals surface area contributed by atoms with Crippen molar-refractivity contribution < 1.29 is 0 Å². The molecule has 0 bridgehead atoms. The summed E-state index contributed by atoms with van der Waals surface area (Å²) in [6, 6.07) is 68.6. The van der Waals surface area contributed by atoms with Crippen molar-refractivity contribution in [1.29, 1.82) is 0 Å². The van der Waals surface area contributed by atoms with E-state index < -0.39 is 0 Å². The highest BCUT2D eigenvalue weighted by atomic mass is 15.1. The Morgan fingerprint density at radius 3 is 1.78 bits per heavy atom. The number of benzene rings is 8. The molecule has 50 heavy (non-hydrogen) atoms. The first-order valence-corrected chi connectivity index (χ1v) is 17.4. The Hall–Kier alpha value is -6.18. The van der Waals surface area contributed by atoms with Gasteiger partial charge in [0.2, 0.25) is 0 Å². The topological polar surface area (TPSA) is 3.24 Å². The number of fused-ring (bicyclic) bond motifs is 4. The normalized spacial score (nSPS) is 12.8. The van der Waals surface area contributed by atoms with Gasteiger partial charge in [-0.2, -0.15) is 0 Å². The Morgan fingerprint density at radius 1 is 0.400 bits per heavy atom. The van der Waals surface area contributed by atoms with Crippen molar-refractivity contribution in [2.75, 3.05) is 4.90 Å². The molecule has 8 aromatic carbocycles. The van der Waals surface area contributed by atoms with Gasteiger partial charge in [-0.15, -0.1) is 0 Å². The van der Waals surface area contributed by atoms with Crippen LogP contribution in [0.1, 0.15) is 25.0 Å². The van der Waals surface area contributed by atoms with Gasteiger partial charge in [-0.25, -0.2) is 0 Å². The molecule has 0 amide bonds. The minimum absolute atomic E-state index is 0.188. The standard InChI is InChI=1S/C49H37N/c1-49(2)44-28-12-11-26-42(44)43-27-15-29-46(48(43)49)50(45-31-30-35-18-9-10-25-41(35)47(45)36-19-7-4-8-20-36)40-24-14-23-39(33-40)38-22-13-21-37(32-38)34-16-5-3-6-17-34/h3-33H,1-2H3. The molecule has 1 aliphatic carbocycles. The molecule has 1 aliphatic rings. The van der Waals surface area contributed by atoms with E-state index in [-0.39, 0.29) is 5.41 Å². The third kappa shape index (κ3) is 4.94. The van der Waals surface area contributed by atoms with E-state index in [9.17, 15) is 0 Å². The molecule has 0 aromatic heterocycles. The molecule has 9 rings (SSSR count). The fourth-order valence-corrected chi connectivity index (χ4v) is 8.10. The van der Waals surface area contributed by atoms with Crippen LogP contribution in [0.3, 0.4) is 0 Å². The lowest BCUT2D eigenvalue weighted by molar-refractivity contribution is 0.661. The molecule has 0 saturated heterocycles. The van der Waals surface area contributed by atoms with Crippen LogP contribution < -0.4 is 4.90 Å². The Kier molecular flexibility index (Phi) is 7.21. The zero-order chi connectivity index (χ0) is 33.7. The fourth-order valence-electron chi connectivity index (χ4n) is 8.10. The molecule has 1 heteroatoms. The maximum atomic E-state index is 2.52. The molecule has 1 nitrogen and oxygen atoms in total. The van der Waals surface area contributed by atoms with Crippen molar-refractivity contribution in [3.05, 3.63) is 199 Å². The Morgan fingerprint density at radius 2 is 0.980 bits per heavy atom. The van der Waals surface area contributed by atoms with E-state index in [1.807, 2.05) is 0 Å². The maximum Gasteiger partial charge on any atom is 0.0546 e. The summed E-state index contributed by atoms with van der Waals surface area (Å²) < 4.78 is 0. The first-order valence-electron chi connectivity index (χ1n) is 17.4. The average molecular weight is 640 g/mol. The van der Waals surface area contributed by atoms with Crippen LogP contribution in [0.4, 0.5) is 17.1 Å². The molecular formula is C49H37N. The SMILES string of the molecule is CC1(C)c2ccccc2-c2cccc(N(c3cccc(-c4cccc(-c5ccccc5)c4)c3)c3ccc4ccccc4c3-c3ccccc3)c21. The molecule has 0 spiro atoms. The Bertz CT molecular complexity index is 2510. The lowest BCUT2D eigenvalue weighted by Crippen LogP contribution is -2.21. The number of anilines is 3. The van der Waals surface area contributed by atoms with Gasteiger partial charge in [-0.3, -0.25) is 0 Å². The molecule has 0 atom stereocenters. The lowest BCUT2D eigenvalue weighted by Gasteiger charge is -2.34. The quantitative estimate of drug-likeness (QED) is 0.175. The zero-order valence-electron chi connectivity index (χ0n) is 28.3. The van der Waals surface area contributed by atoms with Gasteiger partial charge in [-0.1, -0.05) is 172 Å². The van der Waals surface area contributed by atoms with Crippen LogP contribution in [0.5, 0.6) is 0 Å². The van der Waals surface area contributed by atoms with E-state index in [0.717, 1.165) is 11.4 Å². The van der Waals surface area contributed by atoms with Gasteiger partial charge >= 0.3 is 0 Å². The lowest BCUT2D eigenvalue weighted by atomic mass is 9.81. The van der Waals surface area contributed by atoms with Crippen LogP contribution in [0, 0.1) is 0 Å². The summed E-state index contributed by atoms with van der Waals surface area (Å²) >= 11 is 0. The summed E-state index contributed by atoms with van der Waals surface area (Å²) in [6.07, 6.45) is 0. The highest BCUT2D eigenvalue weighted by molar-refractivity contribution is 6.06. The molecule has 238 valence electrons. The van der Waals surface area contributed by atoms with Gasteiger partial charge in [0.05, 0.1) is 11.4 Å². The Labute approximate surface area is 294 Å². The summed E-state index contributed by atoms with van der Waals surface area (Å²) in [4.78, 5) is 2.52. The molecule has 0 radical (unpaired) electrons. The van der Waals surface area contributed by atoms with Gasteiger partial charge in [0.15, 0.2) is 0 Å². The summed E-state index contributed by atoms with van der Waals surface area (Å²) in [5.41, 5.74) is 15.9. The molecule has 0 heterocycles. The minimum atomic E-state index is -0.188. The van der Waals surface area contributed by atoms with Crippen LogP contribution in [0.25, 0.3) is 55.3 Å². The van der Waals surface area contributed by atoms with Crippen LogP contribution in [-0.2, 0) is 5.41 Å². The second-order valence-electron chi connectivity index (χ2n) is 13.7. The van der Waals surface area contributed by atoms with Crippen LogP contribution in [-0.4, -0.2) is 0 Å². The third-order valence-electron chi connectivity index (χ3n) is 10.4. The predicted molar refractivity (Wildman–Crippen MR) is 213 cm³/mol. The van der Waals surface area contributed by atoms with E-state index in [2.05, 4.69) is 207 Å². The first kappa shape index (κ1) is 29.9. The van der Waals surface area contributed by atoms with Crippen molar-refractivity contribution in [1.82, 2.24) is 0 Å². The third-order valence-corrected chi connectivity index (χ3v) is 10.4. The van der Waals surface area contributed by atoms with Crippen LogP contribution in [0.2, 0.25) is 0 Å². The summed E-state index contributed by atoms with van der Waals surface area (Å²) in [7, 11) is 0. The van der Waals surface area contributed by atoms with E-state index in [1.165, 1.54) is 72.1 Å². The van der Waals surface area contributed by atoms with Crippen LogP contribution in [0.15, 0.2) is 188 Å². The molecule has 0 N–H and O–H groups in total. The van der Waals surface area contributed by atoms with Gasteiger partial charge in [0.25, 0.3) is 0 Å². The number of hydrogen-bond acceptors (Lipinski definition) is 1. The molecule has 0 unspecified atom stereocenters. The minimum Gasteiger partial charge on any atom is -0.309 e. The second kappa shape index (κ2) is 12.1. The van der Waals surface area contributed by atoms with E-state index in [4.69, 9.17) is 0 Å². The van der Waals surface area contributed by atoms with Gasteiger partial charge in [0.1, 0.15) is 0 Å². The molecule has 8 aromatic rings. The van der Waals surface area contributed by atoms with Gasteiger partial charge in [-0.05, 0) is 91.2 Å². The van der Waals surface area contributed by atoms with Crippen molar-refractivity contribution >= 4 is 27.8 Å². The van der Waals surface area contributed by atoms with Crippen molar-refractivity contribution in [2.45, 2.75) is 19.3 Å². The first-order chi connectivity index (χ1) is 24.6. The highest BCUT2D eigenvalue weighted by Crippen LogP contribution is 2.55. The van der Waals surface area contributed by atoms with E-state index >= 15 is 0 Å². The molecule has 0 aliphatic heterocycles. The monoisotopic (exact) mass is 639 g/mol. The van der Waals surface area contributed by atoms with Crippen molar-refractivity contribution in [3.8, 4) is 44.5 Å². The molecular weight excluding hydrogens is 603 g/mol. The summed E-state index contributed by atoms with van der Waals surface area (Å²) in [5, 5.41) is 2.47. The van der Waals surface area contributed by atoms with Crippen molar-refractivity contribution in [3.63, 3.8) is 0 Å². The van der Waals surface area contributed by atoms with Crippen LogP contribution >= 0.6 is 0 Å². The largest absolute Gasteiger partial charge is 0.309 e. The molecule has 0 fully saturated rings. The average Bonchev–Trinajstić information content (AvgIpc) is 3.42. The maximum absolute atomic E-state index is 2.52. The summed E-state index contributed by atoms with van der Waals surface area (Å²) in [6.45, 7) is 4.76. The van der Waals surface area contributed by atoms with Crippen molar-refractivity contribution in [2.24, 2.45) is 0 Å². The number of rotatable bonds is 6. The number of hydrogen-bond donors (Lipinski definition) is 0. The molecule has 0 saturated carbocycles. The van der Waals surface area contributed by atoms with E-state index in [0.29, 0.717) is 0 Å². The highest BCUT2D eigenvalue weighted by Gasteiger charge is 2.39. The smallest absolute Gasteiger partial charge is 0.0546 e. The second-order valence-corrected chi connectivity index (χ2v) is 13.7.